The maximum absolute atomic E-state index is 14.5. The lowest BCUT2D eigenvalue weighted by atomic mass is 10.1. The lowest BCUT2D eigenvalue weighted by Gasteiger charge is -2.32. The van der Waals surface area contributed by atoms with Crippen LogP contribution in [0.1, 0.15) is 51.5 Å². The van der Waals surface area contributed by atoms with Crippen LogP contribution in [0.3, 0.4) is 0 Å². The van der Waals surface area contributed by atoms with E-state index in [9.17, 15) is 9.18 Å². The maximum atomic E-state index is 14.5. The molecule has 3 aromatic rings. The van der Waals surface area contributed by atoms with Crippen molar-refractivity contribution >= 4 is 17.1 Å². The molecule has 3 heterocycles. The van der Waals surface area contributed by atoms with Crippen molar-refractivity contribution in [3.8, 4) is 17.4 Å². The van der Waals surface area contributed by atoms with Crippen molar-refractivity contribution in [1.82, 2.24) is 24.6 Å². The second kappa shape index (κ2) is 9.82. The van der Waals surface area contributed by atoms with Gasteiger partial charge in [-0.25, -0.2) is 23.8 Å². The number of fused-ring (bicyclic) bond motifs is 1. The third-order valence-corrected chi connectivity index (χ3v) is 6.41. The lowest BCUT2D eigenvalue weighted by molar-refractivity contribution is 0.0555. The van der Waals surface area contributed by atoms with E-state index in [1.165, 1.54) is 18.5 Å². The summed E-state index contributed by atoms with van der Waals surface area (Å²) in [6, 6.07) is 4.53. The molecular weight excluding hydrogens is 441 g/mol. The van der Waals surface area contributed by atoms with Crippen LogP contribution in [-0.2, 0) is 4.74 Å². The lowest BCUT2D eigenvalue weighted by Crippen LogP contribution is -2.40. The Morgan fingerprint density at radius 1 is 1.15 bits per heavy atom. The molecule has 2 aliphatic rings. The summed E-state index contributed by atoms with van der Waals surface area (Å²) in [7, 11) is 0. The zero-order chi connectivity index (χ0) is 23.5. The van der Waals surface area contributed by atoms with Gasteiger partial charge in [-0.3, -0.25) is 0 Å². The van der Waals surface area contributed by atoms with Gasteiger partial charge < -0.3 is 19.1 Å². The van der Waals surface area contributed by atoms with Crippen LogP contribution in [0.15, 0.2) is 30.7 Å². The van der Waals surface area contributed by atoms with Gasteiger partial charge in [-0.1, -0.05) is 0 Å². The Labute approximate surface area is 196 Å². The van der Waals surface area contributed by atoms with Gasteiger partial charge in [0.2, 0.25) is 5.88 Å². The molecule has 5 rings (SSSR count). The summed E-state index contributed by atoms with van der Waals surface area (Å²) in [4.78, 5) is 22.8. The minimum absolute atomic E-state index is 0.0466. The van der Waals surface area contributed by atoms with Crippen molar-refractivity contribution in [3.05, 3.63) is 36.5 Å². The average Bonchev–Trinajstić information content (AvgIpc) is 3.51. The number of nitrogens with zero attached hydrogens (tertiary/aromatic N) is 5. The van der Waals surface area contributed by atoms with E-state index in [2.05, 4.69) is 15.1 Å². The maximum Gasteiger partial charge on any atom is 0.410 e. The summed E-state index contributed by atoms with van der Waals surface area (Å²) in [5.74, 6) is 0.176. The van der Waals surface area contributed by atoms with Gasteiger partial charge in [0.15, 0.2) is 17.2 Å². The highest BCUT2D eigenvalue weighted by molar-refractivity contribution is 5.80. The number of carbonyl (C=O) groups excluding carboxylic acids is 1. The van der Waals surface area contributed by atoms with Crippen molar-refractivity contribution in [2.24, 2.45) is 0 Å². The highest BCUT2D eigenvalue weighted by Gasteiger charge is 2.29. The first kappa shape index (κ1) is 22.4. The third kappa shape index (κ3) is 4.62. The molecule has 10 heteroatoms. The van der Waals surface area contributed by atoms with E-state index in [-0.39, 0.29) is 29.9 Å². The Balaban J connectivity index is 1.27. The summed E-state index contributed by atoms with van der Waals surface area (Å²) in [5.41, 5.74) is 0.614. The molecule has 0 spiro atoms. The number of hydrogen-bond acceptors (Lipinski definition) is 7. The van der Waals surface area contributed by atoms with Crippen LogP contribution in [0.2, 0.25) is 0 Å². The standard InChI is InChI=1S/C24H28FN5O4/c1-2-32-18-7-8-21(20(25)13-18)34-23-19-14-28-30(22(19)26-15-27-23)16-9-11-29(12-10-16)24(31)33-17-5-3-4-6-17/h7-8,13-17H,2-6,9-12H2,1H3. The second-order valence-corrected chi connectivity index (χ2v) is 8.64. The van der Waals surface area contributed by atoms with Crippen molar-refractivity contribution in [2.45, 2.75) is 57.6 Å². The van der Waals surface area contributed by atoms with Crippen LogP contribution in [0.5, 0.6) is 17.4 Å². The van der Waals surface area contributed by atoms with Crippen LogP contribution in [0.4, 0.5) is 9.18 Å². The molecule has 0 atom stereocenters. The fraction of sp³-hybridized carbons (Fsp3) is 0.500. The number of hydrogen-bond donors (Lipinski definition) is 0. The first-order valence-corrected chi connectivity index (χ1v) is 11.9. The summed E-state index contributed by atoms with van der Waals surface area (Å²) in [5, 5.41) is 5.12. The third-order valence-electron chi connectivity index (χ3n) is 6.41. The van der Waals surface area contributed by atoms with Gasteiger partial charge in [0, 0.05) is 19.2 Å². The van der Waals surface area contributed by atoms with Gasteiger partial charge in [-0.15, -0.1) is 0 Å². The van der Waals surface area contributed by atoms with E-state index in [0.29, 0.717) is 36.5 Å². The normalized spacial score (nSPS) is 17.3. The van der Waals surface area contributed by atoms with E-state index < -0.39 is 5.82 Å². The van der Waals surface area contributed by atoms with Crippen LogP contribution >= 0.6 is 0 Å². The SMILES string of the molecule is CCOc1ccc(Oc2ncnc3c2cnn3C2CCN(C(=O)OC3CCCC3)CC2)c(F)c1. The Morgan fingerprint density at radius 2 is 1.94 bits per heavy atom. The Kier molecular flexibility index (Phi) is 6.46. The second-order valence-electron chi connectivity index (χ2n) is 8.64. The number of likely N-dealkylation sites (tertiary alicyclic amines) is 1. The molecule has 1 aliphatic heterocycles. The first-order chi connectivity index (χ1) is 16.6. The van der Waals surface area contributed by atoms with Gasteiger partial charge in [-0.2, -0.15) is 5.10 Å². The molecule has 1 saturated carbocycles. The smallest absolute Gasteiger partial charge is 0.410 e. The summed E-state index contributed by atoms with van der Waals surface area (Å²) < 4.78 is 33.0. The minimum Gasteiger partial charge on any atom is -0.494 e. The summed E-state index contributed by atoms with van der Waals surface area (Å²) >= 11 is 0. The quantitative estimate of drug-likeness (QED) is 0.508. The molecule has 1 amide bonds. The number of amides is 1. The number of carbonyl (C=O) groups is 1. The zero-order valence-electron chi connectivity index (χ0n) is 19.2. The highest BCUT2D eigenvalue weighted by Crippen LogP contribution is 2.33. The molecule has 0 bridgehead atoms. The van der Waals surface area contributed by atoms with Crippen molar-refractivity contribution in [3.63, 3.8) is 0 Å². The van der Waals surface area contributed by atoms with Gasteiger partial charge in [0.25, 0.3) is 0 Å². The van der Waals surface area contributed by atoms with Gasteiger partial charge in [-0.05, 0) is 57.6 Å². The topological polar surface area (TPSA) is 91.6 Å². The van der Waals surface area contributed by atoms with Gasteiger partial charge in [0.05, 0.1) is 18.8 Å². The van der Waals surface area contributed by atoms with E-state index in [0.717, 1.165) is 38.5 Å². The van der Waals surface area contributed by atoms with Crippen molar-refractivity contribution < 1.29 is 23.4 Å². The largest absolute Gasteiger partial charge is 0.494 e. The number of benzene rings is 1. The molecular formula is C24H28FN5O4. The fourth-order valence-corrected chi connectivity index (χ4v) is 4.63. The Morgan fingerprint density at radius 3 is 2.68 bits per heavy atom. The van der Waals surface area contributed by atoms with Crippen LogP contribution in [0.25, 0.3) is 11.0 Å². The predicted molar refractivity (Wildman–Crippen MR) is 122 cm³/mol. The molecule has 0 unspecified atom stereocenters. The van der Waals surface area contributed by atoms with Gasteiger partial charge in [0.1, 0.15) is 23.6 Å². The first-order valence-electron chi connectivity index (χ1n) is 11.9. The van der Waals surface area contributed by atoms with Crippen molar-refractivity contribution in [1.29, 1.82) is 0 Å². The van der Waals surface area contributed by atoms with E-state index in [1.54, 1.807) is 17.2 Å². The molecule has 1 aliphatic carbocycles. The average molecular weight is 470 g/mol. The van der Waals surface area contributed by atoms with Crippen LogP contribution in [-0.4, -0.2) is 56.5 Å². The zero-order valence-corrected chi connectivity index (χ0v) is 19.2. The number of aromatic nitrogens is 4. The van der Waals surface area contributed by atoms with Crippen LogP contribution < -0.4 is 9.47 Å². The number of piperidine rings is 1. The van der Waals surface area contributed by atoms with Gasteiger partial charge >= 0.3 is 6.09 Å². The number of halogens is 1. The van der Waals surface area contributed by atoms with E-state index in [4.69, 9.17) is 14.2 Å². The Hall–Kier alpha value is -3.43. The predicted octanol–water partition coefficient (Wildman–Crippen LogP) is 4.87. The van der Waals surface area contributed by atoms with E-state index in [1.807, 2.05) is 11.6 Å². The molecule has 9 nitrogen and oxygen atoms in total. The molecule has 1 saturated heterocycles. The monoisotopic (exact) mass is 469 g/mol. The van der Waals surface area contributed by atoms with E-state index >= 15 is 0 Å². The molecule has 2 aromatic heterocycles. The molecule has 34 heavy (non-hydrogen) atoms. The summed E-state index contributed by atoms with van der Waals surface area (Å²) in [6.07, 6.45) is 8.54. The number of rotatable bonds is 6. The van der Waals surface area contributed by atoms with Crippen LogP contribution in [0, 0.1) is 5.82 Å². The summed E-state index contributed by atoms with van der Waals surface area (Å²) in [6.45, 7) is 3.49. The molecule has 2 fully saturated rings. The van der Waals surface area contributed by atoms with Crippen molar-refractivity contribution in [2.75, 3.05) is 19.7 Å². The fourth-order valence-electron chi connectivity index (χ4n) is 4.63. The Bertz CT molecular complexity index is 1160. The highest BCUT2D eigenvalue weighted by atomic mass is 19.1. The molecule has 180 valence electrons. The molecule has 1 aromatic carbocycles. The molecule has 0 radical (unpaired) electrons. The number of ether oxygens (including phenoxy) is 3. The minimum atomic E-state index is -0.540. The molecule has 0 N–H and O–H groups in total.